The van der Waals surface area contributed by atoms with Crippen molar-refractivity contribution in [2.75, 3.05) is 0 Å². The first-order valence-corrected chi connectivity index (χ1v) is 5.63. The highest BCUT2D eigenvalue weighted by Gasteiger charge is 2.09. The monoisotopic (exact) mass is 234 g/mol. The first-order valence-electron chi connectivity index (χ1n) is 5.63. The molecule has 18 heavy (non-hydrogen) atoms. The molecule has 3 heteroatoms. The van der Waals surface area contributed by atoms with Crippen LogP contribution in [0.3, 0.4) is 0 Å². The maximum atomic E-state index is 8.87. The normalized spacial score (nSPS) is 10.4. The average Bonchev–Trinajstić information content (AvgIpc) is 2.81. The third kappa shape index (κ3) is 1.64. The van der Waals surface area contributed by atoms with E-state index in [1.54, 1.807) is 12.3 Å². The van der Waals surface area contributed by atoms with Crippen LogP contribution in [0.4, 0.5) is 0 Å². The second-order valence-electron chi connectivity index (χ2n) is 4.11. The molecule has 0 bridgehead atoms. The summed E-state index contributed by atoms with van der Waals surface area (Å²) in [5, 5.41) is 9.81. The Labute approximate surface area is 104 Å². The summed E-state index contributed by atoms with van der Waals surface area (Å²) in [5.41, 5.74) is 3.33. The Morgan fingerprint density at radius 1 is 1.22 bits per heavy atom. The van der Waals surface area contributed by atoms with Crippen molar-refractivity contribution in [1.29, 1.82) is 5.26 Å². The first kappa shape index (κ1) is 10.5. The Morgan fingerprint density at radius 3 is 2.89 bits per heavy atom. The SMILES string of the molecule is Cc1ncccc1-c1cc2cc(C#N)ccc2o1. The maximum absolute atomic E-state index is 8.87. The van der Waals surface area contributed by atoms with Crippen molar-refractivity contribution in [2.24, 2.45) is 0 Å². The molecule has 86 valence electrons. The van der Waals surface area contributed by atoms with E-state index in [9.17, 15) is 0 Å². The van der Waals surface area contributed by atoms with E-state index in [0.717, 1.165) is 28.0 Å². The van der Waals surface area contributed by atoms with Crippen LogP contribution in [-0.2, 0) is 0 Å². The van der Waals surface area contributed by atoms with Gasteiger partial charge in [0.1, 0.15) is 11.3 Å². The summed E-state index contributed by atoms with van der Waals surface area (Å²) in [5.74, 6) is 0.783. The van der Waals surface area contributed by atoms with Gasteiger partial charge in [0.15, 0.2) is 0 Å². The van der Waals surface area contributed by atoms with Crippen LogP contribution in [0.15, 0.2) is 47.0 Å². The fourth-order valence-corrected chi connectivity index (χ4v) is 1.99. The molecule has 0 saturated carbocycles. The third-order valence-corrected chi connectivity index (χ3v) is 2.92. The van der Waals surface area contributed by atoms with Crippen molar-refractivity contribution in [3.63, 3.8) is 0 Å². The lowest BCUT2D eigenvalue weighted by Crippen LogP contribution is -1.83. The summed E-state index contributed by atoms with van der Waals surface area (Å²) in [6.07, 6.45) is 1.76. The molecule has 0 unspecified atom stereocenters. The van der Waals surface area contributed by atoms with Crippen molar-refractivity contribution < 1.29 is 4.42 Å². The van der Waals surface area contributed by atoms with Gasteiger partial charge in [0.05, 0.1) is 11.6 Å². The van der Waals surface area contributed by atoms with Crippen molar-refractivity contribution in [3.8, 4) is 17.4 Å². The quantitative estimate of drug-likeness (QED) is 0.645. The van der Waals surface area contributed by atoms with Gasteiger partial charge < -0.3 is 4.42 Å². The fraction of sp³-hybridized carbons (Fsp3) is 0.0667. The first-order chi connectivity index (χ1) is 8.78. The molecule has 3 aromatic rings. The van der Waals surface area contributed by atoms with Crippen LogP contribution in [0.2, 0.25) is 0 Å². The summed E-state index contributed by atoms with van der Waals surface area (Å²) < 4.78 is 5.78. The Morgan fingerprint density at radius 2 is 2.11 bits per heavy atom. The van der Waals surface area contributed by atoms with Gasteiger partial charge in [0.25, 0.3) is 0 Å². The van der Waals surface area contributed by atoms with Crippen LogP contribution in [0.1, 0.15) is 11.3 Å². The van der Waals surface area contributed by atoms with E-state index in [4.69, 9.17) is 9.68 Å². The second kappa shape index (κ2) is 4.01. The molecule has 2 heterocycles. The minimum absolute atomic E-state index is 0.637. The number of fused-ring (bicyclic) bond motifs is 1. The van der Waals surface area contributed by atoms with E-state index in [1.807, 2.05) is 37.3 Å². The van der Waals surface area contributed by atoms with E-state index in [0.29, 0.717) is 5.56 Å². The van der Waals surface area contributed by atoms with Crippen molar-refractivity contribution in [3.05, 3.63) is 53.9 Å². The van der Waals surface area contributed by atoms with Crippen molar-refractivity contribution in [2.45, 2.75) is 6.92 Å². The van der Waals surface area contributed by atoms with Gasteiger partial charge in [0.2, 0.25) is 0 Å². The molecule has 0 N–H and O–H groups in total. The maximum Gasteiger partial charge on any atom is 0.137 e. The van der Waals surface area contributed by atoms with E-state index in [2.05, 4.69) is 11.1 Å². The summed E-state index contributed by atoms with van der Waals surface area (Å²) >= 11 is 0. The molecule has 0 saturated heterocycles. The van der Waals surface area contributed by atoms with E-state index in [1.165, 1.54) is 0 Å². The number of furan rings is 1. The molecule has 2 aromatic heterocycles. The number of nitrogens with zero attached hydrogens (tertiary/aromatic N) is 2. The fourth-order valence-electron chi connectivity index (χ4n) is 1.99. The van der Waals surface area contributed by atoms with Gasteiger partial charge in [-0.25, -0.2) is 0 Å². The molecule has 0 atom stereocenters. The van der Waals surface area contributed by atoms with Crippen LogP contribution < -0.4 is 0 Å². The highest BCUT2D eigenvalue weighted by atomic mass is 16.3. The summed E-state index contributed by atoms with van der Waals surface area (Å²) in [7, 11) is 0. The number of aryl methyl sites for hydroxylation is 1. The minimum atomic E-state index is 0.637. The Kier molecular flexibility index (Phi) is 2.35. The Bertz CT molecular complexity index is 766. The molecule has 0 amide bonds. The van der Waals surface area contributed by atoms with Crippen LogP contribution in [0.5, 0.6) is 0 Å². The number of nitriles is 1. The summed E-state index contributed by atoms with van der Waals surface area (Å²) in [6, 6.07) is 13.3. The molecule has 0 aliphatic carbocycles. The Balaban J connectivity index is 2.20. The number of pyridine rings is 1. The van der Waals surface area contributed by atoms with Gasteiger partial charge >= 0.3 is 0 Å². The van der Waals surface area contributed by atoms with Gasteiger partial charge in [-0.15, -0.1) is 0 Å². The van der Waals surface area contributed by atoms with Crippen LogP contribution in [0.25, 0.3) is 22.3 Å². The minimum Gasteiger partial charge on any atom is -0.456 e. The average molecular weight is 234 g/mol. The number of hydrogen-bond donors (Lipinski definition) is 0. The molecular weight excluding hydrogens is 224 g/mol. The van der Waals surface area contributed by atoms with Gasteiger partial charge in [0, 0.05) is 22.8 Å². The Hall–Kier alpha value is -2.60. The van der Waals surface area contributed by atoms with E-state index < -0.39 is 0 Å². The predicted octanol–water partition coefficient (Wildman–Crippen LogP) is 3.67. The molecule has 0 radical (unpaired) electrons. The van der Waals surface area contributed by atoms with Crippen LogP contribution in [0, 0.1) is 18.3 Å². The number of benzene rings is 1. The lowest BCUT2D eigenvalue weighted by atomic mass is 10.1. The summed E-state index contributed by atoms with van der Waals surface area (Å²) in [6.45, 7) is 1.95. The van der Waals surface area contributed by atoms with Gasteiger partial charge in [-0.05, 0) is 43.3 Å². The highest BCUT2D eigenvalue weighted by Crippen LogP contribution is 2.29. The molecule has 0 spiro atoms. The van der Waals surface area contributed by atoms with Gasteiger partial charge in [-0.3, -0.25) is 4.98 Å². The molecule has 3 rings (SSSR count). The van der Waals surface area contributed by atoms with Gasteiger partial charge in [-0.1, -0.05) is 0 Å². The van der Waals surface area contributed by atoms with Crippen molar-refractivity contribution in [1.82, 2.24) is 4.98 Å². The zero-order valence-electron chi connectivity index (χ0n) is 9.84. The zero-order valence-corrected chi connectivity index (χ0v) is 9.84. The molecule has 0 fully saturated rings. The highest BCUT2D eigenvalue weighted by molar-refractivity contribution is 5.84. The number of aromatic nitrogens is 1. The van der Waals surface area contributed by atoms with Gasteiger partial charge in [-0.2, -0.15) is 5.26 Å². The number of rotatable bonds is 1. The molecular formula is C15H10N2O. The topological polar surface area (TPSA) is 49.8 Å². The smallest absolute Gasteiger partial charge is 0.137 e. The van der Waals surface area contributed by atoms with E-state index in [-0.39, 0.29) is 0 Å². The second-order valence-corrected chi connectivity index (χ2v) is 4.11. The largest absolute Gasteiger partial charge is 0.456 e. The predicted molar refractivity (Wildman–Crippen MR) is 68.9 cm³/mol. The summed E-state index contributed by atoms with van der Waals surface area (Å²) in [4.78, 5) is 4.25. The third-order valence-electron chi connectivity index (χ3n) is 2.92. The lowest BCUT2D eigenvalue weighted by molar-refractivity contribution is 0.630. The van der Waals surface area contributed by atoms with E-state index >= 15 is 0 Å². The number of hydrogen-bond acceptors (Lipinski definition) is 3. The van der Waals surface area contributed by atoms with Crippen LogP contribution in [-0.4, -0.2) is 4.98 Å². The molecule has 1 aromatic carbocycles. The molecule has 3 nitrogen and oxygen atoms in total. The van der Waals surface area contributed by atoms with Crippen LogP contribution >= 0.6 is 0 Å². The molecule has 0 aliphatic rings. The zero-order chi connectivity index (χ0) is 12.5. The lowest BCUT2D eigenvalue weighted by Gasteiger charge is -1.99. The van der Waals surface area contributed by atoms with Crippen molar-refractivity contribution >= 4 is 11.0 Å². The molecule has 0 aliphatic heterocycles. The standard InChI is InChI=1S/C15H10N2O/c1-10-13(3-2-6-17-10)15-8-12-7-11(9-16)4-5-14(12)18-15/h2-8H,1H3.